The number of aromatic nitrogens is 4. The van der Waals surface area contributed by atoms with Gasteiger partial charge in [0.2, 0.25) is 0 Å². The van der Waals surface area contributed by atoms with Gasteiger partial charge < -0.3 is 5.32 Å². The quantitative estimate of drug-likeness (QED) is 0.875. The van der Waals surface area contributed by atoms with E-state index < -0.39 is 0 Å². The van der Waals surface area contributed by atoms with E-state index in [-0.39, 0.29) is 6.04 Å². The highest BCUT2D eigenvalue weighted by molar-refractivity contribution is 9.10. The molecule has 0 aromatic carbocycles. The van der Waals surface area contributed by atoms with Crippen LogP contribution in [0, 0.1) is 0 Å². The fourth-order valence-corrected chi connectivity index (χ4v) is 3.32. The van der Waals surface area contributed by atoms with E-state index in [1.54, 1.807) is 0 Å². The van der Waals surface area contributed by atoms with E-state index in [9.17, 15) is 0 Å². The Morgan fingerprint density at radius 2 is 2.26 bits per heavy atom. The van der Waals surface area contributed by atoms with Crippen molar-refractivity contribution in [3.8, 4) is 0 Å². The first kappa shape index (κ1) is 14.6. The van der Waals surface area contributed by atoms with E-state index in [1.165, 1.54) is 17.2 Å². The second kappa shape index (κ2) is 6.58. The Labute approximate surface area is 125 Å². The van der Waals surface area contributed by atoms with Crippen molar-refractivity contribution in [3.63, 3.8) is 0 Å². The Hall–Kier alpha value is -0.790. The molecule has 1 N–H and O–H groups in total. The Morgan fingerprint density at radius 1 is 1.47 bits per heavy atom. The molecule has 2 heterocycles. The lowest BCUT2D eigenvalue weighted by Gasteiger charge is -2.14. The van der Waals surface area contributed by atoms with Crippen LogP contribution in [-0.2, 0) is 19.4 Å². The normalized spacial score (nSPS) is 12.8. The number of hydrogen-bond acceptors (Lipinski definition) is 5. The molecule has 0 saturated heterocycles. The summed E-state index contributed by atoms with van der Waals surface area (Å²) in [5, 5.41) is 14.1. The van der Waals surface area contributed by atoms with Gasteiger partial charge in [-0.05, 0) is 47.9 Å². The van der Waals surface area contributed by atoms with Crippen LogP contribution in [0.2, 0.25) is 0 Å². The molecule has 104 valence electrons. The Bertz CT molecular complexity index is 522. The summed E-state index contributed by atoms with van der Waals surface area (Å²) < 4.78 is 7.12. The van der Waals surface area contributed by atoms with Gasteiger partial charge in [-0.3, -0.25) is 4.68 Å². The number of nitrogens with one attached hydrogen (secondary N) is 1. The summed E-state index contributed by atoms with van der Waals surface area (Å²) >= 11 is 5.06. The number of likely N-dealkylation sites (N-methyl/N-ethyl adjacent to an activating group) is 1. The molecule has 1 unspecified atom stereocenters. The molecule has 0 saturated carbocycles. The van der Waals surface area contributed by atoms with Crippen LogP contribution < -0.4 is 5.32 Å². The van der Waals surface area contributed by atoms with E-state index in [4.69, 9.17) is 0 Å². The fraction of sp³-hybridized carbons (Fsp3) is 0.583. The van der Waals surface area contributed by atoms with Crippen LogP contribution in [0.5, 0.6) is 0 Å². The minimum atomic E-state index is 0.168. The van der Waals surface area contributed by atoms with Gasteiger partial charge in [-0.15, -0.1) is 5.10 Å². The van der Waals surface area contributed by atoms with Crippen LogP contribution in [-0.4, -0.2) is 26.4 Å². The molecule has 0 radical (unpaired) electrons. The summed E-state index contributed by atoms with van der Waals surface area (Å²) in [6, 6.07) is 0.168. The molecule has 0 aliphatic heterocycles. The Kier molecular flexibility index (Phi) is 5.06. The first-order valence-corrected chi connectivity index (χ1v) is 8.02. The minimum absolute atomic E-state index is 0.168. The van der Waals surface area contributed by atoms with Gasteiger partial charge in [0.25, 0.3) is 0 Å². The zero-order valence-electron chi connectivity index (χ0n) is 11.4. The number of rotatable bonds is 6. The molecule has 0 aliphatic carbocycles. The van der Waals surface area contributed by atoms with E-state index in [2.05, 4.69) is 54.5 Å². The smallest absolute Gasteiger partial charge is 0.0928 e. The van der Waals surface area contributed by atoms with E-state index in [1.807, 2.05) is 12.4 Å². The molecule has 2 rings (SSSR count). The number of hydrogen-bond donors (Lipinski definition) is 1. The molecule has 1 atom stereocenters. The van der Waals surface area contributed by atoms with Gasteiger partial charge in [0.15, 0.2) is 0 Å². The van der Waals surface area contributed by atoms with Crippen molar-refractivity contribution in [2.45, 2.75) is 39.3 Å². The third-order valence-electron chi connectivity index (χ3n) is 3.17. The summed E-state index contributed by atoms with van der Waals surface area (Å²) in [6.45, 7) is 5.11. The third kappa shape index (κ3) is 3.04. The SMILES string of the molecule is CCc1nn(CC)c(CC(NC)c2csnn2)c1Br. The molecule has 2 aromatic rings. The first-order valence-electron chi connectivity index (χ1n) is 6.39. The van der Waals surface area contributed by atoms with Gasteiger partial charge in [-0.25, -0.2) is 0 Å². The maximum atomic E-state index is 4.62. The van der Waals surface area contributed by atoms with Crippen molar-refractivity contribution in [2.75, 3.05) is 7.05 Å². The molecule has 0 fully saturated rings. The number of aryl methyl sites for hydroxylation is 2. The second-order valence-electron chi connectivity index (χ2n) is 4.25. The second-order valence-corrected chi connectivity index (χ2v) is 5.65. The summed E-state index contributed by atoms with van der Waals surface area (Å²) in [7, 11) is 1.95. The van der Waals surface area contributed by atoms with Crippen molar-refractivity contribution < 1.29 is 0 Å². The highest BCUT2D eigenvalue weighted by Crippen LogP contribution is 2.26. The highest BCUT2D eigenvalue weighted by Gasteiger charge is 2.20. The predicted molar refractivity (Wildman–Crippen MR) is 80.4 cm³/mol. The van der Waals surface area contributed by atoms with Crippen LogP contribution >= 0.6 is 27.5 Å². The van der Waals surface area contributed by atoms with Gasteiger partial charge in [0.1, 0.15) is 0 Å². The summed E-state index contributed by atoms with van der Waals surface area (Å²) in [5.41, 5.74) is 3.32. The van der Waals surface area contributed by atoms with Gasteiger partial charge in [-0.1, -0.05) is 11.4 Å². The molecule has 0 bridgehead atoms. The average Bonchev–Trinajstić information content (AvgIpc) is 3.04. The average molecular weight is 344 g/mol. The van der Waals surface area contributed by atoms with Crippen LogP contribution in [0.4, 0.5) is 0 Å². The molecular weight excluding hydrogens is 326 g/mol. The van der Waals surface area contributed by atoms with E-state index in [0.717, 1.165) is 35.2 Å². The van der Waals surface area contributed by atoms with Crippen LogP contribution in [0.3, 0.4) is 0 Å². The highest BCUT2D eigenvalue weighted by atomic mass is 79.9. The topological polar surface area (TPSA) is 55.6 Å². The number of nitrogens with zero attached hydrogens (tertiary/aromatic N) is 4. The first-order chi connectivity index (χ1) is 9.21. The van der Waals surface area contributed by atoms with Gasteiger partial charge in [0.05, 0.1) is 27.6 Å². The molecule has 7 heteroatoms. The number of halogens is 1. The van der Waals surface area contributed by atoms with Crippen LogP contribution in [0.15, 0.2) is 9.85 Å². The lowest BCUT2D eigenvalue weighted by Crippen LogP contribution is -2.21. The molecule has 0 amide bonds. The van der Waals surface area contributed by atoms with Gasteiger partial charge in [-0.2, -0.15) is 5.10 Å². The molecule has 19 heavy (non-hydrogen) atoms. The largest absolute Gasteiger partial charge is 0.311 e. The van der Waals surface area contributed by atoms with E-state index >= 15 is 0 Å². The van der Waals surface area contributed by atoms with Gasteiger partial charge in [0, 0.05) is 18.3 Å². The summed E-state index contributed by atoms with van der Waals surface area (Å²) in [6.07, 6.45) is 1.78. The standard InChI is InChI=1S/C12H18BrN5S/c1-4-8-12(13)11(18(5-2)16-8)6-9(14-3)10-7-19-17-15-10/h7,9,14H,4-6H2,1-3H3. The van der Waals surface area contributed by atoms with Crippen molar-refractivity contribution in [3.05, 3.63) is 26.9 Å². The Morgan fingerprint density at radius 3 is 2.79 bits per heavy atom. The lowest BCUT2D eigenvalue weighted by atomic mass is 10.1. The zero-order chi connectivity index (χ0) is 13.8. The van der Waals surface area contributed by atoms with Gasteiger partial charge >= 0.3 is 0 Å². The molecule has 5 nitrogen and oxygen atoms in total. The predicted octanol–water partition coefficient (Wildman–Crippen LogP) is 2.58. The van der Waals surface area contributed by atoms with Crippen LogP contribution in [0.25, 0.3) is 0 Å². The lowest BCUT2D eigenvalue weighted by molar-refractivity contribution is 0.529. The molecular formula is C12H18BrN5S. The van der Waals surface area contributed by atoms with Crippen molar-refractivity contribution >= 4 is 27.5 Å². The maximum Gasteiger partial charge on any atom is 0.0928 e. The maximum absolute atomic E-state index is 4.62. The summed E-state index contributed by atoms with van der Waals surface area (Å²) in [5.74, 6) is 0. The molecule has 0 aliphatic rings. The monoisotopic (exact) mass is 343 g/mol. The Balaban J connectivity index is 2.29. The van der Waals surface area contributed by atoms with Crippen LogP contribution in [0.1, 0.15) is 37.0 Å². The molecule has 0 spiro atoms. The third-order valence-corrected chi connectivity index (χ3v) is 4.61. The molecule has 2 aromatic heterocycles. The van der Waals surface area contributed by atoms with Crippen molar-refractivity contribution in [2.24, 2.45) is 0 Å². The fourth-order valence-electron chi connectivity index (χ4n) is 2.08. The van der Waals surface area contributed by atoms with Crippen molar-refractivity contribution in [1.29, 1.82) is 0 Å². The van der Waals surface area contributed by atoms with E-state index in [0.29, 0.717) is 0 Å². The zero-order valence-corrected chi connectivity index (χ0v) is 13.8. The minimum Gasteiger partial charge on any atom is -0.311 e. The summed E-state index contributed by atoms with van der Waals surface area (Å²) in [4.78, 5) is 0. The van der Waals surface area contributed by atoms with Crippen molar-refractivity contribution in [1.82, 2.24) is 24.7 Å².